The van der Waals surface area contributed by atoms with Crippen molar-refractivity contribution in [3.63, 3.8) is 0 Å². The fourth-order valence-electron chi connectivity index (χ4n) is 5.06. The Morgan fingerprint density at radius 2 is 1.90 bits per heavy atom. The number of rotatable bonds is 2. The lowest BCUT2D eigenvalue weighted by molar-refractivity contribution is 0.0384. The van der Waals surface area contributed by atoms with E-state index in [9.17, 15) is 9.18 Å². The zero-order valence-corrected chi connectivity index (χ0v) is 16.9. The summed E-state index contributed by atoms with van der Waals surface area (Å²) in [7, 11) is 3.77. The van der Waals surface area contributed by atoms with Gasteiger partial charge in [0.25, 0.3) is 5.91 Å². The van der Waals surface area contributed by atoms with E-state index < -0.39 is 0 Å². The van der Waals surface area contributed by atoms with Crippen LogP contribution in [0.15, 0.2) is 30.5 Å². The molecule has 1 saturated heterocycles. The zero-order valence-electron chi connectivity index (χ0n) is 16.9. The lowest BCUT2D eigenvalue weighted by Crippen LogP contribution is -2.50. The molecular formula is C22H24FN5O. The summed E-state index contributed by atoms with van der Waals surface area (Å²) >= 11 is 0. The number of aromatic nitrogens is 4. The van der Waals surface area contributed by atoms with E-state index in [1.165, 1.54) is 17.7 Å². The summed E-state index contributed by atoms with van der Waals surface area (Å²) in [5.41, 5.74) is 5.58. The molecule has 2 bridgehead atoms. The summed E-state index contributed by atoms with van der Waals surface area (Å²) in [6.45, 7) is 1.93. The largest absolute Gasteiger partial charge is 0.325 e. The molecule has 5 rings (SSSR count). The summed E-state index contributed by atoms with van der Waals surface area (Å²) in [4.78, 5) is 15.4. The summed E-state index contributed by atoms with van der Waals surface area (Å²) in [6.07, 6.45) is 5.62. The van der Waals surface area contributed by atoms with Crippen molar-refractivity contribution in [1.29, 1.82) is 0 Å². The van der Waals surface area contributed by atoms with Crippen molar-refractivity contribution in [1.82, 2.24) is 24.5 Å². The Morgan fingerprint density at radius 3 is 2.59 bits per heavy atom. The number of benzene rings is 1. The maximum absolute atomic E-state index is 13.4. The molecule has 150 valence electrons. The number of carbonyl (C=O) groups excluding carboxylic acids is 1. The Kier molecular flexibility index (Phi) is 4.08. The molecule has 0 radical (unpaired) electrons. The molecule has 2 aliphatic heterocycles. The van der Waals surface area contributed by atoms with E-state index in [0.29, 0.717) is 5.69 Å². The third-order valence-electron chi connectivity index (χ3n) is 6.24. The first kappa shape index (κ1) is 18.1. The van der Waals surface area contributed by atoms with E-state index >= 15 is 0 Å². The van der Waals surface area contributed by atoms with Crippen LogP contribution in [-0.4, -0.2) is 36.4 Å². The molecule has 2 aromatic heterocycles. The highest BCUT2D eigenvalue weighted by atomic mass is 19.1. The molecule has 6 nitrogen and oxygen atoms in total. The number of aryl methyl sites for hydroxylation is 3. The van der Waals surface area contributed by atoms with Crippen molar-refractivity contribution in [3.8, 4) is 11.3 Å². The van der Waals surface area contributed by atoms with Gasteiger partial charge in [-0.05, 0) is 56.9 Å². The molecular weight excluding hydrogens is 369 g/mol. The van der Waals surface area contributed by atoms with Gasteiger partial charge in [0.15, 0.2) is 5.69 Å². The number of carbonyl (C=O) groups is 1. The standard InChI is InChI=1S/C22H24FN5O/c1-13-12-26(2)24-19(13)22(29)28-16-5-4-6-18(28)20-17(11-16)21(27(3)25-20)14-7-9-15(23)10-8-14/h7-10,12,16,18H,4-6,11H2,1-3H3. The second-order valence-corrected chi connectivity index (χ2v) is 8.19. The topological polar surface area (TPSA) is 56.0 Å². The number of piperidine rings is 1. The molecule has 3 aromatic rings. The second-order valence-electron chi connectivity index (χ2n) is 8.19. The molecule has 0 aliphatic carbocycles. The predicted octanol–water partition coefficient (Wildman–Crippen LogP) is 3.56. The molecule has 0 N–H and O–H groups in total. The zero-order chi connectivity index (χ0) is 20.3. The second kappa shape index (κ2) is 6.54. The van der Waals surface area contributed by atoms with E-state index in [2.05, 4.69) is 5.10 Å². The van der Waals surface area contributed by atoms with Gasteiger partial charge < -0.3 is 4.90 Å². The Hall–Kier alpha value is -2.96. The van der Waals surface area contributed by atoms with Crippen LogP contribution in [0.3, 0.4) is 0 Å². The highest BCUT2D eigenvalue weighted by Gasteiger charge is 2.44. The Balaban J connectivity index is 1.58. The van der Waals surface area contributed by atoms with Crippen LogP contribution in [0.4, 0.5) is 4.39 Å². The molecule has 0 spiro atoms. The van der Waals surface area contributed by atoms with Crippen molar-refractivity contribution >= 4 is 5.91 Å². The number of amides is 1. The van der Waals surface area contributed by atoms with Crippen LogP contribution in [0, 0.1) is 12.7 Å². The number of nitrogens with zero attached hydrogens (tertiary/aromatic N) is 5. The van der Waals surface area contributed by atoms with Gasteiger partial charge in [0.05, 0.1) is 17.4 Å². The van der Waals surface area contributed by atoms with E-state index in [0.717, 1.165) is 48.2 Å². The van der Waals surface area contributed by atoms with Gasteiger partial charge in [0, 0.05) is 43.0 Å². The van der Waals surface area contributed by atoms with Crippen molar-refractivity contribution in [2.75, 3.05) is 0 Å². The molecule has 0 saturated carbocycles. The average Bonchev–Trinajstić information content (AvgIpc) is 3.20. The Bertz CT molecular complexity index is 1100. The third-order valence-corrected chi connectivity index (χ3v) is 6.24. The lowest BCUT2D eigenvalue weighted by atomic mass is 9.81. The first-order valence-electron chi connectivity index (χ1n) is 10.1. The fraction of sp³-hybridized carbons (Fsp3) is 0.409. The van der Waals surface area contributed by atoms with Crippen LogP contribution in [0.25, 0.3) is 11.3 Å². The third kappa shape index (κ3) is 2.79. The van der Waals surface area contributed by atoms with Gasteiger partial charge in [-0.3, -0.25) is 14.2 Å². The van der Waals surface area contributed by atoms with Crippen LogP contribution < -0.4 is 0 Å². The van der Waals surface area contributed by atoms with Crippen molar-refractivity contribution in [3.05, 3.63) is 58.8 Å². The molecule has 2 aliphatic rings. The minimum Gasteiger partial charge on any atom is -0.325 e. The summed E-state index contributed by atoms with van der Waals surface area (Å²) < 4.78 is 17.0. The van der Waals surface area contributed by atoms with Crippen molar-refractivity contribution < 1.29 is 9.18 Å². The summed E-state index contributed by atoms with van der Waals surface area (Å²) in [5.74, 6) is -0.249. The van der Waals surface area contributed by atoms with Gasteiger partial charge in [0.1, 0.15) is 5.82 Å². The monoisotopic (exact) mass is 393 g/mol. The van der Waals surface area contributed by atoms with Crippen LogP contribution in [0.2, 0.25) is 0 Å². The van der Waals surface area contributed by atoms with Gasteiger partial charge in [-0.2, -0.15) is 10.2 Å². The highest BCUT2D eigenvalue weighted by molar-refractivity contribution is 5.94. The number of fused-ring (bicyclic) bond motifs is 4. The number of hydrogen-bond donors (Lipinski definition) is 0. The smallest absolute Gasteiger partial charge is 0.275 e. The fourth-order valence-corrected chi connectivity index (χ4v) is 5.06. The molecule has 1 fully saturated rings. The van der Waals surface area contributed by atoms with E-state index in [4.69, 9.17) is 5.10 Å². The minimum absolute atomic E-state index is 0.00237. The summed E-state index contributed by atoms with van der Waals surface area (Å²) in [6, 6.07) is 6.68. The quantitative estimate of drug-likeness (QED) is 0.669. The van der Waals surface area contributed by atoms with E-state index in [-0.39, 0.29) is 23.8 Å². The minimum atomic E-state index is -0.246. The van der Waals surface area contributed by atoms with Gasteiger partial charge in [-0.15, -0.1) is 0 Å². The predicted molar refractivity (Wildman–Crippen MR) is 107 cm³/mol. The maximum atomic E-state index is 13.4. The van der Waals surface area contributed by atoms with Crippen LogP contribution in [-0.2, 0) is 20.5 Å². The van der Waals surface area contributed by atoms with Crippen LogP contribution in [0.1, 0.15) is 52.6 Å². The van der Waals surface area contributed by atoms with Crippen LogP contribution >= 0.6 is 0 Å². The Labute approximate surface area is 168 Å². The van der Waals surface area contributed by atoms with Gasteiger partial charge in [0.2, 0.25) is 0 Å². The first-order chi connectivity index (χ1) is 13.9. The first-order valence-corrected chi connectivity index (χ1v) is 10.1. The molecule has 4 heterocycles. The Morgan fingerprint density at radius 1 is 1.14 bits per heavy atom. The van der Waals surface area contributed by atoms with Gasteiger partial charge in [-0.25, -0.2) is 4.39 Å². The molecule has 1 amide bonds. The molecule has 2 atom stereocenters. The van der Waals surface area contributed by atoms with E-state index in [1.54, 1.807) is 16.8 Å². The summed E-state index contributed by atoms with van der Waals surface area (Å²) in [5, 5.41) is 9.24. The van der Waals surface area contributed by atoms with Crippen LogP contribution in [0.5, 0.6) is 0 Å². The van der Waals surface area contributed by atoms with E-state index in [1.807, 2.05) is 36.8 Å². The van der Waals surface area contributed by atoms with Gasteiger partial charge >= 0.3 is 0 Å². The molecule has 1 aromatic carbocycles. The normalized spacial score (nSPS) is 20.6. The van der Waals surface area contributed by atoms with Crippen molar-refractivity contribution in [2.24, 2.45) is 14.1 Å². The number of hydrogen-bond acceptors (Lipinski definition) is 3. The van der Waals surface area contributed by atoms with Crippen molar-refractivity contribution in [2.45, 2.75) is 44.7 Å². The molecule has 2 unspecified atom stereocenters. The van der Waals surface area contributed by atoms with Gasteiger partial charge in [-0.1, -0.05) is 0 Å². The molecule has 29 heavy (non-hydrogen) atoms. The lowest BCUT2D eigenvalue weighted by Gasteiger charge is -2.45. The molecule has 7 heteroatoms. The highest BCUT2D eigenvalue weighted by Crippen LogP contribution is 2.45. The maximum Gasteiger partial charge on any atom is 0.275 e. The SMILES string of the molecule is Cc1cn(C)nc1C(=O)N1C2CCCC1c1nn(C)c(-c3ccc(F)cc3)c1C2. The average molecular weight is 393 g/mol. The number of halogens is 1.